The van der Waals surface area contributed by atoms with Gasteiger partial charge in [-0.2, -0.15) is 0 Å². The predicted octanol–water partition coefficient (Wildman–Crippen LogP) is 2.81. The van der Waals surface area contributed by atoms with Crippen molar-refractivity contribution in [3.05, 3.63) is 41.8 Å². The number of nitrogens with zero attached hydrogens (tertiary/aromatic N) is 5. The molecule has 4 rings (SSSR count). The molecule has 0 aliphatic rings. The van der Waals surface area contributed by atoms with Gasteiger partial charge < -0.3 is 9.09 Å². The average molecular weight is 299 g/mol. The average Bonchev–Trinajstić information content (AvgIpc) is 3.16. The highest BCUT2D eigenvalue weighted by Crippen LogP contribution is 2.27. The van der Waals surface area contributed by atoms with Crippen molar-refractivity contribution in [1.29, 1.82) is 0 Å². The first-order valence-corrected chi connectivity index (χ1v) is 7.56. The van der Waals surface area contributed by atoms with Gasteiger partial charge in [-0.05, 0) is 19.1 Å². The molecule has 0 unspecified atom stereocenters. The van der Waals surface area contributed by atoms with Crippen LogP contribution in [0.2, 0.25) is 0 Å². The van der Waals surface area contributed by atoms with E-state index in [0.29, 0.717) is 5.75 Å². The number of para-hydroxylation sites is 2. The molecule has 0 spiro atoms. The van der Waals surface area contributed by atoms with Crippen LogP contribution in [-0.2, 0) is 12.8 Å². The maximum Gasteiger partial charge on any atom is 0.236 e. The number of aromatic nitrogens is 5. The third-order valence-electron chi connectivity index (χ3n) is 3.42. The Balaban J connectivity index is 1.77. The van der Waals surface area contributed by atoms with Gasteiger partial charge in [0.2, 0.25) is 5.78 Å². The van der Waals surface area contributed by atoms with Gasteiger partial charge in [0.15, 0.2) is 5.16 Å². The fourth-order valence-electron chi connectivity index (χ4n) is 2.45. The Bertz CT molecular complexity index is 935. The molecule has 3 aromatic heterocycles. The predicted molar refractivity (Wildman–Crippen MR) is 80.3 cm³/mol. The van der Waals surface area contributed by atoms with Crippen LogP contribution in [0, 0.1) is 6.92 Å². The van der Waals surface area contributed by atoms with Crippen LogP contribution < -0.4 is 0 Å². The maximum absolute atomic E-state index is 5.23. The zero-order valence-corrected chi connectivity index (χ0v) is 12.5. The van der Waals surface area contributed by atoms with Crippen molar-refractivity contribution < 1.29 is 4.52 Å². The van der Waals surface area contributed by atoms with Crippen molar-refractivity contribution in [1.82, 2.24) is 24.3 Å². The van der Waals surface area contributed by atoms with Gasteiger partial charge in [0.05, 0.1) is 22.5 Å². The van der Waals surface area contributed by atoms with Crippen molar-refractivity contribution in [2.75, 3.05) is 0 Å². The summed E-state index contributed by atoms with van der Waals surface area (Å²) in [4.78, 5) is 0. The van der Waals surface area contributed by atoms with Crippen LogP contribution in [0.1, 0.15) is 11.5 Å². The van der Waals surface area contributed by atoms with Crippen LogP contribution in [-0.4, -0.2) is 24.3 Å². The third kappa shape index (κ3) is 1.92. The molecule has 4 aromatic rings. The number of hydrogen-bond donors (Lipinski definition) is 0. The molecule has 21 heavy (non-hydrogen) atoms. The fourth-order valence-corrected chi connectivity index (χ4v) is 3.26. The Morgan fingerprint density at radius 2 is 2.00 bits per heavy atom. The summed E-state index contributed by atoms with van der Waals surface area (Å²) in [6, 6.07) is 10.1. The van der Waals surface area contributed by atoms with Gasteiger partial charge in [-0.1, -0.05) is 29.1 Å². The van der Waals surface area contributed by atoms with Gasteiger partial charge in [-0.25, -0.2) is 0 Å². The lowest BCUT2D eigenvalue weighted by Gasteiger charge is -1.96. The van der Waals surface area contributed by atoms with Crippen LogP contribution in [0.15, 0.2) is 40.0 Å². The fraction of sp³-hybridized carbons (Fsp3) is 0.214. The van der Waals surface area contributed by atoms with Gasteiger partial charge in [0, 0.05) is 13.1 Å². The number of aryl methyl sites for hydroxylation is 2. The summed E-state index contributed by atoms with van der Waals surface area (Å²) >= 11 is 1.59. The molecule has 0 saturated carbocycles. The standard InChI is InChI=1S/C14H13N5OS/c1-9-7-10(20-17-9)8-21-14-16-15-13-18(2)11-5-3-4-6-12(11)19(13)14/h3-7H,8H2,1-2H3. The lowest BCUT2D eigenvalue weighted by molar-refractivity contribution is 0.391. The molecule has 7 heteroatoms. The SMILES string of the molecule is Cc1cc(CSc2nnc3n(C)c4ccccc4n23)on1. The van der Waals surface area contributed by atoms with Crippen molar-refractivity contribution in [3.8, 4) is 0 Å². The summed E-state index contributed by atoms with van der Waals surface area (Å²) in [5, 5.41) is 13.3. The molecule has 1 aromatic carbocycles. The Kier molecular flexibility index (Phi) is 2.75. The third-order valence-corrected chi connectivity index (χ3v) is 4.37. The molecule has 0 aliphatic carbocycles. The summed E-state index contributed by atoms with van der Waals surface area (Å²) in [5.74, 6) is 2.37. The highest BCUT2D eigenvalue weighted by atomic mass is 32.2. The normalized spacial score (nSPS) is 11.7. The van der Waals surface area contributed by atoms with E-state index in [-0.39, 0.29) is 0 Å². The Morgan fingerprint density at radius 1 is 1.19 bits per heavy atom. The Morgan fingerprint density at radius 3 is 2.76 bits per heavy atom. The first-order valence-electron chi connectivity index (χ1n) is 6.57. The molecule has 0 saturated heterocycles. The molecule has 0 N–H and O–H groups in total. The van der Waals surface area contributed by atoms with Crippen LogP contribution in [0.5, 0.6) is 0 Å². The molecule has 0 atom stereocenters. The molecule has 0 fully saturated rings. The molecule has 0 radical (unpaired) electrons. The molecule has 0 bridgehead atoms. The van der Waals surface area contributed by atoms with Crippen molar-refractivity contribution in [2.24, 2.45) is 7.05 Å². The number of thioether (sulfide) groups is 1. The zero-order valence-electron chi connectivity index (χ0n) is 11.6. The number of rotatable bonds is 3. The Hall–Kier alpha value is -2.28. The number of hydrogen-bond acceptors (Lipinski definition) is 5. The highest BCUT2D eigenvalue weighted by molar-refractivity contribution is 7.98. The number of fused-ring (bicyclic) bond motifs is 3. The molecule has 106 valence electrons. The van der Waals surface area contributed by atoms with E-state index < -0.39 is 0 Å². The molecule has 0 amide bonds. The first-order chi connectivity index (χ1) is 10.2. The topological polar surface area (TPSA) is 61.2 Å². The first kappa shape index (κ1) is 12.5. The molecule has 0 aliphatic heterocycles. The molecule has 6 nitrogen and oxygen atoms in total. The summed E-state index contributed by atoms with van der Waals surface area (Å²) in [5.41, 5.74) is 3.14. The van der Waals surface area contributed by atoms with E-state index in [1.165, 1.54) is 0 Å². The minimum atomic E-state index is 0.685. The lowest BCUT2D eigenvalue weighted by Crippen LogP contribution is -1.88. The summed E-state index contributed by atoms with van der Waals surface area (Å²) < 4.78 is 9.35. The maximum atomic E-state index is 5.23. The second kappa shape index (κ2) is 4.63. The van der Waals surface area contributed by atoms with E-state index in [2.05, 4.69) is 31.9 Å². The summed E-state index contributed by atoms with van der Waals surface area (Å²) in [7, 11) is 2.00. The van der Waals surface area contributed by atoms with E-state index in [1.54, 1.807) is 11.8 Å². The van der Waals surface area contributed by atoms with Gasteiger partial charge in [-0.15, -0.1) is 10.2 Å². The largest absolute Gasteiger partial charge is 0.360 e. The van der Waals surface area contributed by atoms with E-state index in [1.807, 2.05) is 36.7 Å². The summed E-state index contributed by atoms with van der Waals surface area (Å²) in [6.07, 6.45) is 0. The monoisotopic (exact) mass is 299 g/mol. The molecule has 3 heterocycles. The minimum Gasteiger partial charge on any atom is -0.360 e. The van der Waals surface area contributed by atoms with Crippen molar-refractivity contribution in [2.45, 2.75) is 17.8 Å². The second-order valence-electron chi connectivity index (χ2n) is 4.89. The van der Waals surface area contributed by atoms with Crippen LogP contribution >= 0.6 is 11.8 Å². The summed E-state index contributed by atoms with van der Waals surface area (Å²) in [6.45, 7) is 1.91. The van der Waals surface area contributed by atoms with E-state index in [4.69, 9.17) is 4.52 Å². The van der Waals surface area contributed by atoms with E-state index in [0.717, 1.165) is 33.4 Å². The number of imidazole rings is 1. The van der Waals surface area contributed by atoms with E-state index in [9.17, 15) is 0 Å². The van der Waals surface area contributed by atoms with Gasteiger partial charge in [0.25, 0.3) is 0 Å². The van der Waals surface area contributed by atoms with Crippen molar-refractivity contribution >= 4 is 28.6 Å². The van der Waals surface area contributed by atoms with E-state index >= 15 is 0 Å². The quantitative estimate of drug-likeness (QED) is 0.544. The second-order valence-corrected chi connectivity index (χ2v) is 5.83. The zero-order chi connectivity index (χ0) is 14.4. The van der Waals surface area contributed by atoms with Crippen LogP contribution in [0.25, 0.3) is 16.8 Å². The van der Waals surface area contributed by atoms with Gasteiger partial charge in [-0.3, -0.25) is 4.40 Å². The lowest BCUT2D eigenvalue weighted by atomic mass is 10.3. The Labute approximate surface area is 124 Å². The van der Waals surface area contributed by atoms with Gasteiger partial charge in [0.1, 0.15) is 5.76 Å². The van der Waals surface area contributed by atoms with Gasteiger partial charge >= 0.3 is 0 Å². The highest BCUT2D eigenvalue weighted by Gasteiger charge is 2.15. The number of benzene rings is 1. The molecular formula is C14H13N5OS. The van der Waals surface area contributed by atoms with Crippen LogP contribution in [0.3, 0.4) is 0 Å². The molecular weight excluding hydrogens is 286 g/mol. The van der Waals surface area contributed by atoms with Crippen LogP contribution in [0.4, 0.5) is 0 Å². The smallest absolute Gasteiger partial charge is 0.236 e. The minimum absolute atomic E-state index is 0.685. The van der Waals surface area contributed by atoms with Crippen molar-refractivity contribution in [3.63, 3.8) is 0 Å².